The van der Waals surface area contributed by atoms with E-state index in [1.807, 2.05) is 7.05 Å². The molecule has 1 aliphatic carbocycles. The summed E-state index contributed by atoms with van der Waals surface area (Å²) in [5.74, 6) is 6.72. The van der Waals surface area contributed by atoms with Crippen molar-refractivity contribution < 1.29 is 4.79 Å². The number of nitrogen functional groups attached to an aromatic ring is 1. The van der Waals surface area contributed by atoms with Gasteiger partial charge < -0.3 is 10.3 Å². The molecule has 2 unspecified atom stereocenters. The zero-order valence-corrected chi connectivity index (χ0v) is 11.4. The molecule has 18 heavy (non-hydrogen) atoms. The molecule has 1 amide bonds. The second kappa shape index (κ2) is 5.16. The highest BCUT2D eigenvalue weighted by atomic mass is 35.5. The first-order valence-corrected chi connectivity index (χ1v) is 6.42. The summed E-state index contributed by atoms with van der Waals surface area (Å²) in [6.07, 6.45) is 1.20. The van der Waals surface area contributed by atoms with Crippen molar-refractivity contribution in [3.05, 3.63) is 28.8 Å². The summed E-state index contributed by atoms with van der Waals surface area (Å²) in [7, 11) is 1.81. The van der Waals surface area contributed by atoms with Gasteiger partial charge in [-0.3, -0.25) is 10.6 Å². The number of carbonyl (C=O) groups is 1. The van der Waals surface area contributed by atoms with Crippen molar-refractivity contribution in [2.75, 3.05) is 19.0 Å². The molecule has 1 aromatic carbocycles. The Kier molecular flexibility index (Phi) is 3.78. The van der Waals surface area contributed by atoms with E-state index in [1.165, 1.54) is 6.42 Å². The van der Waals surface area contributed by atoms with E-state index in [-0.39, 0.29) is 5.91 Å². The van der Waals surface area contributed by atoms with E-state index in [9.17, 15) is 4.79 Å². The van der Waals surface area contributed by atoms with Gasteiger partial charge in [0.05, 0.1) is 11.3 Å². The first-order chi connectivity index (χ1) is 8.52. The van der Waals surface area contributed by atoms with Gasteiger partial charge in [0.25, 0.3) is 5.91 Å². The van der Waals surface area contributed by atoms with Crippen LogP contribution >= 0.6 is 11.6 Å². The summed E-state index contributed by atoms with van der Waals surface area (Å²) in [5, 5.41) is 0.533. The van der Waals surface area contributed by atoms with Gasteiger partial charge in [0.15, 0.2) is 0 Å². The van der Waals surface area contributed by atoms with Crippen molar-refractivity contribution in [3.63, 3.8) is 0 Å². The van der Waals surface area contributed by atoms with Crippen molar-refractivity contribution >= 4 is 23.2 Å². The molecule has 0 heterocycles. The fourth-order valence-electron chi connectivity index (χ4n) is 2.11. The van der Waals surface area contributed by atoms with E-state index in [4.69, 9.17) is 17.4 Å². The smallest absolute Gasteiger partial charge is 0.255 e. The van der Waals surface area contributed by atoms with Crippen molar-refractivity contribution in [1.82, 2.24) is 4.90 Å². The molecule has 1 aliphatic rings. The van der Waals surface area contributed by atoms with E-state index in [0.717, 1.165) is 12.5 Å². The minimum atomic E-state index is -0.0513. The maximum Gasteiger partial charge on any atom is 0.255 e. The quantitative estimate of drug-likeness (QED) is 0.650. The van der Waals surface area contributed by atoms with Gasteiger partial charge in [-0.2, -0.15) is 0 Å². The standard InChI is InChI=1S/C13H18ClN3O/c1-8-5-9(8)7-17(2)13(18)11-6-10(14)3-4-12(11)16-15/h3-4,6,8-9,16H,5,7,15H2,1-2H3. The zero-order chi connectivity index (χ0) is 13.3. The molecule has 1 aromatic rings. The molecule has 3 N–H and O–H groups in total. The molecule has 2 atom stereocenters. The normalized spacial score (nSPS) is 21.6. The van der Waals surface area contributed by atoms with Gasteiger partial charge >= 0.3 is 0 Å². The van der Waals surface area contributed by atoms with Gasteiger partial charge in [0, 0.05) is 18.6 Å². The third-order valence-corrected chi connectivity index (χ3v) is 3.73. The van der Waals surface area contributed by atoms with Crippen LogP contribution in [-0.2, 0) is 0 Å². The number of nitrogens with one attached hydrogen (secondary N) is 1. The van der Waals surface area contributed by atoms with Crippen molar-refractivity contribution in [1.29, 1.82) is 0 Å². The van der Waals surface area contributed by atoms with Crippen LogP contribution < -0.4 is 11.3 Å². The molecule has 0 bridgehead atoms. The van der Waals surface area contributed by atoms with Crippen LogP contribution in [0.4, 0.5) is 5.69 Å². The van der Waals surface area contributed by atoms with Crippen LogP contribution in [0.25, 0.3) is 0 Å². The molecule has 0 aliphatic heterocycles. The highest BCUT2D eigenvalue weighted by Crippen LogP contribution is 2.38. The number of hydrogen-bond donors (Lipinski definition) is 2. The molecular formula is C13H18ClN3O. The first-order valence-electron chi connectivity index (χ1n) is 6.04. The third-order valence-electron chi connectivity index (χ3n) is 3.50. The number of hydrazine groups is 1. The van der Waals surface area contributed by atoms with E-state index in [0.29, 0.717) is 22.2 Å². The summed E-state index contributed by atoms with van der Waals surface area (Å²) in [5.41, 5.74) is 3.64. The molecule has 0 saturated heterocycles. The van der Waals surface area contributed by atoms with Crippen LogP contribution in [0.1, 0.15) is 23.7 Å². The number of hydrogen-bond acceptors (Lipinski definition) is 3. The highest BCUT2D eigenvalue weighted by Gasteiger charge is 2.34. The molecule has 5 heteroatoms. The first kappa shape index (κ1) is 13.2. The lowest BCUT2D eigenvalue weighted by atomic mass is 10.1. The van der Waals surface area contributed by atoms with Gasteiger partial charge in [-0.1, -0.05) is 18.5 Å². The van der Waals surface area contributed by atoms with E-state index >= 15 is 0 Å². The number of nitrogens with zero attached hydrogens (tertiary/aromatic N) is 1. The van der Waals surface area contributed by atoms with Gasteiger partial charge in [0.1, 0.15) is 0 Å². The second-order valence-corrected chi connectivity index (χ2v) is 5.43. The average molecular weight is 268 g/mol. The lowest BCUT2D eigenvalue weighted by molar-refractivity contribution is 0.0788. The Morgan fingerprint density at radius 3 is 2.83 bits per heavy atom. The maximum atomic E-state index is 12.3. The summed E-state index contributed by atoms with van der Waals surface area (Å²) < 4.78 is 0. The number of nitrogens with two attached hydrogens (primary N) is 1. The maximum absolute atomic E-state index is 12.3. The SMILES string of the molecule is CC1CC1CN(C)C(=O)c1cc(Cl)ccc1NN. The number of benzene rings is 1. The minimum absolute atomic E-state index is 0.0513. The number of anilines is 1. The predicted molar refractivity (Wildman–Crippen MR) is 73.5 cm³/mol. The molecule has 1 fully saturated rings. The Morgan fingerprint density at radius 1 is 1.61 bits per heavy atom. The van der Waals surface area contributed by atoms with Crippen molar-refractivity contribution in [2.45, 2.75) is 13.3 Å². The molecule has 0 aromatic heterocycles. The van der Waals surface area contributed by atoms with Crippen molar-refractivity contribution in [2.24, 2.45) is 17.7 Å². The molecule has 1 saturated carbocycles. The molecule has 0 radical (unpaired) electrons. The monoisotopic (exact) mass is 267 g/mol. The Labute approximate surface area is 112 Å². The zero-order valence-electron chi connectivity index (χ0n) is 10.6. The van der Waals surface area contributed by atoms with Crippen LogP contribution in [0.3, 0.4) is 0 Å². The molecule has 0 spiro atoms. The summed E-state index contributed by atoms with van der Waals surface area (Å²) in [4.78, 5) is 14.1. The van der Waals surface area contributed by atoms with Crippen LogP contribution in [0.15, 0.2) is 18.2 Å². The van der Waals surface area contributed by atoms with Gasteiger partial charge in [0.2, 0.25) is 0 Å². The van der Waals surface area contributed by atoms with Gasteiger partial charge in [-0.15, -0.1) is 0 Å². The van der Waals surface area contributed by atoms with Gasteiger partial charge in [-0.05, 0) is 36.5 Å². The molecule has 2 rings (SSSR count). The number of halogens is 1. The number of rotatable bonds is 4. The Balaban J connectivity index is 2.14. The van der Waals surface area contributed by atoms with Crippen LogP contribution in [0, 0.1) is 11.8 Å². The Morgan fingerprint density at radius 2 is 2.28 bits per heavy atom. The summed E-state index contributed by atoms with van der Waals surface area (Å²) in [6.45, 7) is 2.99. The van der Waals surface area contributed by atoms with E-state index in [2.05, 4.69) is 12.3 Å². The van der Waals surface area contributed by atoms with E-state index in [1.54, 1.807) is 23.1 Å². The van der Waals surface area contributed by atoms with Crippen molar-refractivity contribution in [3.8, 4) is 0 Å². The summed E-state index contributed by atoms with van der Waals surface area (Å²) in [6, 6.07) is 5.06. The largest absolute Gasteiger partial charge is 0.341 e. The lowest BCUT2D eigenvalue weighted by Crippen LogP contribution is -2.30. The van der Waals surface area contributed by atoms with Gasteiger partial charge in [-0.25, -0.2) is 0 Å². The Bertz CT molecular complexity index is 464. The fraction of sp³-hybridized carbons (Fsp3) is 0.462. The number of amides is 1. The van der Waals surface area contributed by atoms with Crippen LogP contribution in [-0.4, -0.2) is 24.4 Å². The lowest BCUT2D eigenvalue weighted by Gasteiger charge is -2.19. The fourth-order valence-corrected chi connectivity index (χ4v) is 2.29. The minimum Gasteiger partial charge on any atom is -0.341 e. The number of carbonyl (C=O) groups excluding carboxylic acids is 1. The topological polar surface area (TPSA) is 58.4 Å². The second-order valence-electron chi connectivity index (χ2n) is 4.99. The van der Waals surface area contributed by atoms with E-state index < -0.39 is 0 Å². The predicted octanol–water partition coefficient (Wildman–Crippen LogP) is 2.35. The third kappa shape index (κ3) is 2.76. The van der Waals surface area contributed by atoms with Crippen LogP contribution in [0.2, 0.25) is 5.02 Å². The molecule has 98 valence electrons. The average Bonchev–Trinajstić information content (AvgIpc) is 3.03. The highest BCUT2D eigenvalue weighted by molar-refractivity contribution is 6.31. The molecular weight excluding hydrogens is 250 g/mol. The summed E-state index contributed by atoms with van der Waals surface area (Å²) >= 11 is 5.92. The molecule has 4 nitrogen and oxygen atoms in total. The van der Waals surface area contributed by atoms with Crippen LogP contribution in [0.5, 0.6) is 0 Å². The Hall–Kier alpha value is -1.26.